The molecule has 3 amide bonds. The summed E-state index contributed by atoms with van der Waals surface area (Å²) < 4.78 is 12.0. The number of urea groups is 1. The van der Waals surface area contributed by atoms with Gasteiger partial charge in [-0.05, 0) is 79.8 Å². The van der Waals surface area contributed by atoms with Crippen molar-refractivity contribution in [1.29, 1.82) is 0 Å². The molecule has 1 aromatic heterocycles. The summed E-state index contributed by atoms with van der Waals surface area (Å²) in [6, 6.07) is 26.2. The summed E-state index contributed by atoms with van der Waals surface area (Å²) >= 11 is 0. The summed E-state index contributed by atoms with van der Waals surface area (Å²) in [6.45, 7) is 0. The number of pyridine rings is 1. The number of anilines is 2. The van der Waals surface area contributed by atoms with Gasteiger partial charge in [0.25, 0.3) is 0 Å². The van der Waals surface area contributed by atoms with Crippen LogP contribution in [0.5, 0.6) is 17.4 Å². The van der Waals surface area contributed by atoms with Gasteiger partial charge in [-0.2, -0.15) is 0 Å². The lowest BCUT2D eigenvalue weighted by Gasteiger charge is -2.29. The fraction of sp³-hybridized carbons (Fsp3) is 0.212. The normalized spacial score (nSPS) is 16.0. The Bertz CT molecular complexity index is 1540. The van der Waals surface area contributed by atoms with Crippen LogP contribution in [0.2, 0.25) is 0 Å². The number of hydrogen-bond acceptors (Lipinski definition) is 6. The number of carboxylic acids is 1. The first-order valence-corrected chi connectivity index (χ1v) is 14.1. The molecule has 4 N–H and O–H groups in total. The number of carboxylic acid groups (broad SMARTS) is 1. The van der Waals surface area contributed by atoms with E-state index in [1.807, 2.05) is 42.5 Å². The van der Waals surface area contributed by atoms with Crippen LogP contribution in [0.25, 0.3) is 0 Å². The lowest BCUT2D eigenvalue weighted by Crippen LogP contribution is -2.41. The summed E-state index contributed by atoms with van der Waals surface area (Å²) in [5.74, 6) is 0.243. The van der Waals surface area contributed by atoms with Gasteiger partial charge in [-0.1, -0.05) is 36.4 Å². The Morgan fingerprint density at radius 2 is 1.49 bits per heavy atom. The molecule has 0 radical (unpaired) electrons. The second-order valence-electron chi connectivity index (χ2n) is 10.2. The van der Waals surface area contributed by atoms with Crippen molar-refractivity contribution in [2.75, 3.05) is 10.6 Å². The number of aromatic carboxylic acids is 1. The van der Waals surface area contributed by atoms with E-state index in [-0.39, 0.29) is 41.8 Å². The maximum atomic E-state index is 12.4. The van der Waals surface area contributed by atoms with Crippen molar-refractivity contribution in [2.45, 2.75) is 44.2 Å². The Morgan fingerprint density at radius 1 is 0.791 bits per heavy atom. The van der Waals surface area contributed by atoms with Gasteiger partial charge in [0.1, 0.15) is 11.5 Å². The number of hydrogen-bond donors (Lipinski definition) is 4. The molecule has 0 spiro atoms. The zero-order valence-electron chi connectivity index (χ0n) is 23.4. The molecule has 1 heterocycles. The molecule has 0 atom stereocenters. The van der Waals surface area contributed by atoms with Gasteiger partial charge in [0.15, 0.2) is 0 Å². The molecular formula is C33H32N4O6. The highest BCUT2D eigenvalue weighted by molar-refractivity contribution is 6.01. The summed E-state index contributed by atoms with van der Waals surface area (Å²) in [5, 5.41) is 17.8. The molecule has 0 saturated heterocycles. The Kier molecular flexibility index (Phi) is 9.48. The summed E-state index contributed by atoms with van der Waals surface area (Å²) in [4.78, 5) is 40.3. The summed E-state index contributed by atoms with van der Waals surface area (Å²) in [7, 11) is 0. The van der Waals surface area contributed by atoms with Crippen LogP contribution < -0.4 is 25.4 Å². The average Bonchev–Trinajstić information content (AvgIpc) is 3.01. The van der Waals surface area contributed by atoms with Crippen LogP contribution in [0.3, 0.4) is 0 Å². The van der Waals surface area contributed by atoms with Crippen LogP contribution in [0.1, 0.15) is 41.6 Å². The van der Waals surface area contributed by atoms with Crippen LogP contribution in [-0.2, 0) is 11.2 Å². The first-order chi connectivity index (χ1) is 20.9. The van der Waals surface area contributed by atoms with Crippen LogP contribution in [0, 0.1) is 0 Å². The van der Waals surface area contributed by atoms with E-state index in [1.54, 1.807) is 48.7 Å². The van der Waals surface area contributed by atoms with Gasteiger partial charge in [0, 0.05) is 24.0 Å². The van der Waals surface area contributed by atoms with Crippen LogP contribution in [0.15, 0.2) is 97.2 Å². The van der Waals surface area contributed by atoms with Gasteiger partial charge >= 0.3 is 12.0 Å². The Labute approximate surface area is 249 Å². The zero-order valence-corrected chi connectivity index (χ0v) is 23.4. The number of benzene rings is 3. The van der Waals surface area contributed by atoms with Crippen molar-refractivity contribution in [3.63, 3.8) is 0 Å². The molecule has 4 aromatic rings. The number of carbonyl (C=O) groups is 3. The molecular weight excluding hydrogens is 548 g/mol. The Balaban J connectivity index is 1.04. The van der Waals surface area contributed by atoms with Gasteiger partial charge in [-0.15, -0.1) is 0 Å². The van der Waals surface area contributed by atoms with E-state index < -0.39 is 5.97 Å². The van der Waals surface area contributed by atoms with Crippen molar-refractivity contribution in [1.82, 2.24) is 10.3 Å². The van der Waals surface area contributed by atoms with E-state index in [0.29, 0.717) is 17.2 Å². The first kappa shape index (κ1) is 29.1. The number of carbonyl (C=O) groups excluding carboxylic acids is 2. The van der Waals surface area contributed by atoms with Gasteiger partial charge in [0.05, 0.1) is 23.8 Å². The van der Waals surface area contributed by atoms with E-state index in [0.717, 1.165) is 37.1 Å². The van der Waals surface area contributed by atoms with Gasteiger partial charge in [-0.25, -0.2) is 14.6 Å². The standard InChI is InChI=1S/C33H32N4O6/c38-30(37-29-9-5-4-8-28(29)32(39)40)20-22-10-19-31(34-21-22)43-27-17-15-26(16-18-27)42-25-13-11-24(12-14-25)36-33(41)35-23-6-2-1-3-7-23/h1-10,15-19,21,24-25H,11-14,20H2,(H,37,38)(H,39,40)(H2,35,36,41). The average molecular weight is 581 g/mol. The minimum absolute atomic E-state index is 0.0273. The molecule has 1 saturated carbocycles. The predicted octanol–water partition coefficient (Wildman–Crippen LogP) is 6.27. The van der Waals surface area contributed by atoms with Crippen molar-refractivity contribution in [3.8, 4) is 17.4 Å². The third-order valence-corrected chi connectivity index (χ3v) is 6.98. The number of aromatic nitrogens is 1. The molecule has 220 valence electrons. The smallest absolute Gasteiger partial charge is 0.337 e. The van der Waals surface area contributed by atoms with E-state index >= 15 is 0 Å². The summed E-state index contributed by atoms with van der Waals surface area (Å²) in [6.07, 6.45) is 5.02. The molecule has 1 aliphatic carbocycles. The van der Waals surface area contributed by atoms with Crippen LogP contribution >= 0.6 is 0 Å². The van der Waals surface area contributed by atoms with Crippen LogP contribution in [-0.4, -0.2) is 40.1 Å². The number of para-hydroxylation sites is 2. The lowest BCUT2D eigenvalue weighted by atomic mass is 9.93. The molecule has 43 heavy (non-hydrogen) atoms. The Morgan fingerprint density at radius 3 is 2.19 bits per heavy atom. The lowest BCUT2D eigenvalue weighted by molar-refractivity contribution is -0.115. The largest absolute Gasteiger partial charge is 0.490 e. The molecule has 3 aromatic carbocycles. The van der Waals surface area contributed by atoms with Crippen molar-refractivity contribution in [2.24, 2.45) is 0 Å². The predicted molar refractivity (Wildman–Crippen MR) is 162 cm³/mol. The third kappa shape index (κ3) is 8.56. The monoisotopic (exact) mass is 580 g/mol. The van der Waals surface area contributed by atoms with E-state index in [9.17, 15) is 19.5 Å². The van der Waals surface area contributed by atoms with Crippen molar-refractivity contribution in [3.05, 3.63) is 108 Å². The van der Waals surface area contributed by atoms with Gasteiger partial charge in [0.2, 0.25) is 11.8 Å². The fourth-order valence-electron chi connectivity index (χ4n) is 4.83. The van der Waals surface area contributed by atoms with Crippen molar-refractivity contribution < 1.29 is 29.0 Å². The highest BCUT2D eigenvalue weighted by Gasteiger charge is 2.23. The van der Waals surface area contributed by atoms with E-state index in [2.05, 4.69) is 20.9 Å². The number of nitrogens with zero attached hydrogens (tertiary/aromatic N) is 1. The Hall–Kier alpha value is -5.38. The van der Waals surface area contributed by atoms with Gasteiger partial charge < -0.3 is 30.5 Å². The van der Waals surface area contributed by atoms with Crippen LogP contribution in [0.4, 0.5) is 16.2 Å². The SMILES string of the molecule is O=C(Cc1ccc(Oc2ccc(OC3CCC(NC(=O)Nc4ccccc4)CC3)cc2)nc1)Nc1ccccc1C(=O)O. The number of ether oxygens (including phenoxy) is 2. The third-order valence-electron chi connectivity index (χ3n) is 6.98. The molecule has 1 fully saturated rings. The summed E-state index contributed by atoms with van der Waals surface area (Å²) in [5.41, 5.74) is 1.69. The second-order valence-corrected chi connectivity index (χ2v) is 10.2. The minimum atomic E-state index is -1.11. The van der Waals surface area contributed by atoms with Gasteiger partial charge in [-0.3, -0.25) is 4.79 Å². The highest BCUT2D eigenvalue weighted by atomic mass is 16.5. The molecule has 0 aliphatic heterocycles. The molecule has 1 aliphatic rings. The fourth-order valence-corrected chi connectivity index (χ4v) is 4.83. The molecule has 10 heteroatoms. The molecule has 10 nitrogen and oxygen atoms in total. The van der Waals surface area contributed by atoms with Crippen molar-refractivity contribution >= 4 is 29.3 Å². The first-order valence-electron chi connectivity index (χ1n) is 14.1. The minimum Gasteiger partial charge on any atom is -0.490 e. The quantitative estimate of drug-likeness (QED) is 0.174. The maximum Gasteiger partial charge on any atom is 0.337 e. The zero-order chi connectivity index (χ0) is 30.0. The molecule has 5 rings (SSSR count). The van der Waals surface area contributed by atoms with E-state index in [4.69, 9.17) is 9.47 Å². The number of nitrogens with one attached hydrogen (secondary N) is 3. The maximum absolute atomic E-state index is 12.4. The number of rotatable bonds is 10. The number of amides is 3. The highest BCUT2D eigenvalue weighted by Crippen LogP contribution is 2.27. The molecule has 0 unspecified atom stereocenters. The topological polar surface area (TPSA) is 139 Å². The second kappa shape index (κ2) is 14.0. The van der Waals surface area contributed by atoms with E-state index in [1.165, 1.54) is 6.07 Å². The molecule has 0 bridgehead atoms.